The molecule has 0 saturated heterocycles. The minimum absolute atomic E-state index is 0.0836. The Labute approximate surface area is 115 Å². The highest BCUT2D eigenvalue weighted by molar-refractivity contribution is 7.84. The van der Waals surface area contributed by atoms with Crippen molar-refractivity contribution < 1.29 is 8.60 Å². The first-order valence-corrected chi connectivity index (χ1v) is 6.86. The first-order valence-electron chi connectivity index (χ1n) is 5.33. The molecule has 7 heteroatoms. The van der Waals surface area contributed by atoms with E-state index in [9.17, 15) is 8.60 Å². The zero-order valence-corrected chi connectivity index (χ0v) is 11.0. The molecule has 19 heavy (non-hydrogen) atoms. The molecule has 0 aliphatic carbocycles. The van der Waals surface area contributed by atoms with Crippen LogP contribution in [0.3, 0.4) is 0 Å². The molecule has 0 saturated carbocycles. The maximum atomic E-state index is 12.8. The Morgan fingerprint density at radius 2 is 1.95 bits per heavy atom. The van der Waals surface area contributed by atoms with Gasteiger partial charge in [0.15, 0.2) is 5.15 Å². The van der Waals surface area contributed by atoms with Crippen LogP contribution in [0.2, 0.25) is 5.15 Å². The van der Waals surface area contributed by atoms with E-state index in [0.717, 1.165) is 0 Å². The summed E-state index contributed by atoms with van der Waals surface area (Å²) in [6.07, 6.45) is 1.69. The van der Waals surface area contributed by atoms with Crippen LogP contribution in [0.4, 0.5) is 4.39 Å². The Bertz CT molecular complexity index is 772. The van der Waals surface area contributed by atoms with Crippen molar-refractivity contribution in [3.05, 3.63) is 53.6 Å². The van der Waals surface area contributed by atoms with Gasteiger partial charge in [-0.3, -0.25) is 0 Å². The van der Waals surface area contributed by atoms with Crippen LogP contribution in [0.5, 0.6) is 0 Å². The topological polar surface area (TPSA) is 47.3 Å². The van der Waals surface area contributed by atoms with Gasteiger partial charge >= 0.3 is 0 Å². The fourth-order valence-corrected chi connectivity index (χ4v) is 2.83. The molecule has 0 N–H and O–H groups in total. The molecule has 0 amide bonds. The number of nitrogens with zero attached hydrogens (tertiary/aromatic N) is 3. The summed E-state index contributed by atoms with van der Waals surface area (Å²) in [7, 11) is -1.60. The maximum Gasteiger partial charge on any atom is 0.244 e. The van der Waals surface area contributed by atoms with Crippen LogP contribution in [-0.2, 0) is 10.8 Å². The second kappa shape index (κ2) is 4.71. The predicted molar refractivity (Wildman–Crippen MR) is 69.1 cm³/mol. The van der Waals surface area contributed by atoms with Crippen LogP contribution in [0.15, 0.2) is 52.6 Å². The summed E-state index contributed by atoms with van der Waals surface area (Å²) in [5.74, 6) is -0.388. The van der Waals surface area contributed by atoms with Crippen molar-refractivity contribution in [1.29, 1.82) is 0 Å². The monoisotopic (exact) mass is 295 g/mol. The summed E-state index contributed by atoms with van der Waals surface area (Å²) >= 11 is 5.99. The third-order valence-corrected chi connectivity index (χ3v) is 4.00. The molecule has 1 atom stereocenters. The van der Waals surface area contributed by atoms with E-state index >= 15 is 0 Å². The molecule has 0 unspecified atom stereocenters. The summed E-state index contributed by atoms with van der Waals surface area (Å²) < 4.78 is 26.6. The van der Waals surface area contributed by atoms with Gasteiger partial charge in [0.05, 0.1) is 0 Å². The molecule has 3 aromatic rings. The standard InChI is InChI=1S/C12H7ClFN3OS/c13-11-10-2-1-7-17(10)16-12(15-11)19(18)9-5-3-8(14)4-6-9/h1-7H/t19-/m0/s1. The molecule has 0 radical (unpaired) electrons. The van der Waals surface area contributed by atoms with Gasteiger partial charge in [0.2, 0.25) is 5.16 Å². The van der Waals surface area contributed by atoms with Crippen molar-refractivity contribution >= 4 is 27.9 Å². The normalized spacial score (nSPS) is 12.7. The smallest absolute Gasteiger partial charge is 0.244 e. The summed E-state index contributed by atoms with van der Waals surface area (Å²) in [6.45, 7) is 0. The highest BCUT2D eigenvalue weighted by Crippen LogP contribution is 2.18. The SMILES string of the molecule is O=[S@@](c1ccc(F)cc1)c1nc(Cl)c2cccn2n1. The van der Waals surface area contributed by atoms with Crippen molar-refractivity contribution in [1.82, 2.24) is 14.6 Å². The lowest BCUT2D eigenvalue weighted by atomic mass is 10.4. The van der Waals surface area contributed by atoms with Gasteiger partial charge in [-0.25, -0.2) is 18.1 Å². The Morgan fingerprint density at radius 3 is 2.68 bits per heavy atom. The summed E-state index contributed by atoms with van der Waals surface area (Å²) in [5, 5.41) is 4.43. The number of benzene rings is 1. The Balaban J connectivity index is 2.08. The number of hydrogen-bond acceptors (Lipinski definition) is 3. The van der Waals surface area contributed by atoms with Crippen molar-refractivity contribution in [3.63, 3.8) is 0 Å². The highest BCUT2D eigenvalue weighted by Gasteiger charge is 2.14. The second-order valence-electron chi connectivity index (χ2n) is 3.75. The van der Waals surface area contributed by atoms with Gasteiger partial charge in [-0.15, -0.1) is 5.10 Å². The molecule has 4 nitrogen and oxygen atoms in total. The lowest BCUT2D eigenvalue weighted by molar-refractivity contribution is 0.626. The van der Waals surface area contributed by atoms with E-state index in [1.54, 1.807) is 18.3 Å². The van der Waals surface area contributed by atoms with E-state index < -0.39 is 10.8 Å². The Morgan fingerprint density at radius 1 is 1.21 bits per heavy atom. The van der Waals surface area contributed by atoms with Gasteiger partial charge in [-0.1, -0.05) is 11.6 Å². The molecule has 96 valence electrons. The molecule has 0 fully saturated rings. The third-order valence-electron chi connectivity index (χ3n) is 2.52. The fraction of sp³-hybridized carbons (Fsp3) is 0. The molecule has 0 bridgehead atoms. The van der Waals surface area contributed by atoms with Crippen LogP contribution < -0.4 is 0 Å². The number of halogens is 2. The minimum Gasteiger partial charge on any atom is -0.246 e. The molecular weight excluding hydrogens is 289 g/mol. The quantitative estimate of drug-likeness (QED) is 0.730. The molecule has 3 rings (SSSR count). The number of fused-ring (bicyclic) bond motifs is 1. The van der Waals surface area contributed by atoms with E-state index in [2.05, 4.69) is 10.1 Å². The summed E-state index contributed by atoms with van der Waals surface area (Å²) in [5.41, 5.74) is 0.640. The van der Waals surface area contributed by atoms with E-state index in [-0.39, 0.29) is 16.1 Å². The first-order chi connectivity index (χ1) is 9.15. The van der Waals surface area contributed by atoms with Crippen molar-refractivity contribution in [2.24, 2.45) is 0 Å². The summed E-state index contributed by atoms with van der Waals surface area (Å²) in [6, 6.07) is 8.87. The van der Waals surface area contributed by atoms with E-state index in [1.807, 2.05) is 0 Å². The van der Waals surface area contributed by atoms with Gasteiger partial charge < -0.3 is 0 Å². The molecule has 0 spiro atoms. The zero-order valence-electron chi connectivity index (χ0n) is 9.46. The molecule has 2 heterocycles. The highest BCUT2D eigenvalue weighted by atomic mass is 35.5. The Hall–Kier alpha value is -1.79. The van der Waals surface area contributed by atoms with Gasteiger partial charge in [0.25, 0.3) is 0 Å². The largest absolute Gasteiger partial charge is 0.246 e. The first kappa shape index (κ1) is 12.3. The van der Waals surface area contributed by atoms with Crippen LogP contribution >= 0.6 is 11.6 Å². The van der Waals surface area contributed by atoms with Crippen molar-refractivity contribution in [2.75, 3.05) is 0 Å². The van der Waals surface area contributed by atoms with E-state index in [1.165, 1.54) is 28.8 Å². The van der Waals surface area contributed by atoms with Crippen molar-refractivity contribution in [2.45, 2.75) is 10.1 Å². The van der Waals surface area contributed by atoms with Crippen LogP contribution in [-0.4, -0.2) is 18.8 Å². The summed E-state index contributed by atoms with van der Waals surface area (Å²) in [4.78, 5) is 4.43. The lowest BCUT2D eigenvalue weighted by Gasteiger charge is -2.03. The van der Waals surface area contributed by atoms with Crippen LogP contribution in [0.25, 0.3) is 5.52 Å². The lowest BCUT2D eigenvalue weighted by Crippen LogP contribution is -2.04. The Kier molecular flexibility index (Phi) is 3.04. The van der Waals surface area contributed by atoms with E-state index in [4.69, 9.17) is 11.6 Å². The second-order valence-corrected chi connectivity index (χ2v) is 5.48. The molecule has 0 aliphatic heterocycles. The van der Waals surface area contributed by atoms with Gasteiger partial charge in [-0.2, -0.15) is 0 Å². The average Bonchev–Trinajstić information content (AvgIpc) is 2.87. The fourth-order valence-electron chi connectivity index (χ4n) is 1.62. The molecule has 0 aliphatic rings. The van der Waals surface area contributed by atoms with Crippen LogP contribution in [0, 0.1) is 5.82 Å². The number of hydrogen-bond donors (Lipinski definition) is 0. The van der Waals surface area contributed by atoms with Gasteiger partial charge in [-0.05, 0) is 36.4 Å². The van der Waals surface area contributed by atoms with Crippen molar-refractivity contribution in [3.8, 4) is 0 Å². The zero-order chi connectivity index (χ0) is 13.4. The minimum atomic E-state index is -1.60. The number of aromatic nitrogens is 3. The molecular formula is C12H7ClFN3OS. The number of rotatable bonds is 2. The average molecular weight is 296 g/mol. The van der Waals surface area contributed by atoms with Gasteiger partial charge in [0, 0.05) is 11.1 Å². The third kappa shape index (κ3) is 2.24. The maximum absolute atomic E-state index is 12.8. The molecule has 2 aromatic heterocycles. The predicted octanol–water partition coefficient (Wildman–Crippen LogP) is 2.69. The van der Waals surface area contributed by atoms with Gasteiger partial charge in [0.1, 0.15) is 22.1 Å². The van der Waals surface area contributed by atoms with E-state index in [0.29, 0.717) is 10.4 Å². The molecule has 1 aromatic carbocycles. The van der Waals surface area contributed by atoms with Crippen LogP contribution in [0.1, 0.15) is 0 Å².